The standard InChI is InChI=1S/C14H17N3OS/c1-18-12-4-2-3-10(9-12)7-8-15-14-16-13(17-19-14)11-5-6-11/h2-4,9,11H,5-8H2,1H3,(H,15,16,17). The van der Waals surface area contributed by atoms with Gasteiger partial charge in [-0.15, -0.1) is 0 Å². The number of rotatable bonds is 6. The third-order valence-electron chi connectivity index (χ3n) is 3.21. The molecule has 0 unspecified atom stereocenters. The molecule has 0 saturated heterocycles. The minimum atomic E-state index is 0.630. The second-order valence-electron chi connectivity index (χ2n) is 4.76. The Labute approximate surface area is 117 Å². The second kappa shape index (κ2) is 5.57. The van der Waals surface area contributed by atoms with E-state index in [2.05, 4.69) is 26.8 Å². The van der Waals surface area contributed by atoms with E-state index in [0.29, 0.717) is 5.92 Å². The van der Waals surface area contributed by atoms with Gasteiger partial charge in [-0.2, -0.15) is 4.37 Å². The summed E-state index contributed by atoms with van der Waals surface area (Å²) in [6, 6.07) is 8.16. The first-order valence-corrected chi connectivity index (χ1v) is 7.33. The van der Waals surface area contributed by atoms with E-state index >= 15 is 0 Å². The molecule has 0 spiro atoms. The summed E-state index contributed by atoms with van der Waals surface area (Å²) in [6.07, 6.45) is 3.45. The first-order valence-electron chi connectivity index (χ1n) is 6.55. The molecule has 3 rings (SSSR count). The molecule has 0 aliphatic heterocycles. The van der Waals surface area contributed by atoms with Gasteiger partial charge in [-0.3, -0.25) is 0 Å². The van der Waals surface area contributed by atoms with E-state index in [9.17, 15) is 0 Å². The molecular weight excluding hydrogens is 258 g/mol. The van der Waals surface area contributed by atoms with Gasteiger partial charge in [0.05, 0.1) is 7.11 Å². The van der Waals surface area contributed by atoms with Gasteiger partial charge in [0.2, 0.25) is 5.13 Å². The normalized spacial score (nSPS) is 14.4. The lowest BCUT2D eigenvalue weighted by atomic mass is 10.1. The zero-order valence-electron chi connectivity index (χ0n) is 10.9. The van der Waals surface area contributed by atoms with Crippen molar-refractivity contribution < 1.29 is 4.74 Å². The Bertz CT molecular complexity index is 551. The molecule has 0 radical (unpaired) electrons. The first kappa shape index (κ1) is 12.4. The van der Waals surface area contributed by atoms with Gasteiger partial charge < -0.3 is 10.1 Å². The number of hydrogen-bond acceptors (Lipinski definition) is 5. The Morgan fingerprint density at radius 3 is 3.11 bits per heavy atom. The van der Waals surface area contributed by atoms with Crippen LogP contribution in [0.15, 0.2) is 24.3 Å². The molecule has 1 aliphatic rings. The summed E-state index contributed by atoms with van der Waals surface area (Å²) in [5.41, 5.74) is 1.26. The zero-order valence-corrected chi connectivity index (χ0v) is 11.7. The quantitative estimate of drug-likeness (QED) is 0.880. The van der Waals surface area contributed by atoms with Crippen LogP contribution in [-0.2, 0) is 6.42 Å². The van der Waals surface area contributed by atoms with Crippen LogP contribution in [0.25, 0.3) is 0 Å². The van der Waals surface area contributed by atoms with Crippen LogP contribution in [0.1, 0.15) is 30.1 Å². The Morgan fingerprint density at radius 2 is 2.32 bits per heavy atom. The molecule has 0 amide bonds. The Balaban J connectivity index is 1.51. The van der Waals surface area contributed by atoms with Crippen molar-refractivity contribution in [1.29, 1.82) is 0 Å². The highest BCUT2D eigenvalue weighted by Crippen LogP contribution is 2.39. The highest BCUT2D eigenvalue weighted by molar-refractivity contribution is 7.09. The van der Waals surface area contributed by atoms with E-state index in [1.54, 1.807) is 7.11 Å². The predicted octanol–water partition coefficient (Wildman–Crippen LogP) is 3.08. The Hall–Kier alpha value is -1.62. The number of nitrogens with zero attached hydrogens (tertiary/aromatic N) is 2. The minimum absolute atomic E-state index is 0.630. The largest absolute Gasteiger partial charge is 0.497 e. The summed E-state index contributed by atoms with van der Waals surface area (Å²) in [5.74, 6) is 2.56. The summed E-state index contributed by atoms with van der Waals surface area (Å²) in [6.45, 7) is 0.868. The molecule has 100 valence electrons. The van der Waals surface area contributed by atoms with Crippen molar-refractivity contribution in [1.82, 2.24) is 9.36 Å². The lowest BCUT2D eigenvalue weighted by Crippen LogP contribution is -2.04. The summed E-state index contributed by atoms with van der Waals surface area (Å²) >= 11 is 1.46. The van der Waals surface area contributed by atoms with E-state index in [4.69, 9.17) is 4.74 Å². The minimum Gasteiger partial charge on any atom is -0.497 e. The lowest BCUT2D eigenvalue weighted by Gasteiger charge is -2.05. The Morgan fingerprint density at radius 1 is 1.42 bits per heavy atom. The van der Waals surface area contributed by atoms with Gasteiger partial charge in [-0.05, 0) is 37.0 Å². The van der Waals surface area contributed by atoms with Crippen LogP contribution >= 0.6 is 11.5 Å². The molecule has 5 heteroatoms. The topological polar surface area (TPSA) is 47.0 Å². The number of aromatic nitrogens is 2. The molecule has 1 aromatic heterocycles. The number of anilines is 1. The average molecular weight is 275 g/mol. The molecule has 4 nitrogen and oxygen atoms in total. The maximum Gasteiger partial charge on any atom is 0.202 e. The van der Waals surface area contributed by atoms with Crippen LogP contribution in [0.5, 0.6) is 5.75 Å². The number of benzene rings is 1. The summed E-state index contributed by atoms with van der Waals surface area (Å²) in [4.78, 5) is 4.51. The van der Waals surface area contributed by atoms with Crippen LogP contribution in [0, 0.1) is 0 Å². The van der Waals surface area contributed by atoms with Gasteiger partial charge in [0, 0.05) is 24.0 Å². The van der Waals surface area contributed by atoms with Gasteiger partial charge in [-0.25, -0.2) is 4.98 Å². The van der Waals surface area contributed by atoms with E-state index in [-0.39, 0.29) is 0 Å². The molecule has 1 saturated carbocycles. The van der Waals surface area contributed by atoms with Gasteiger partial charge in [0.1, 0.15) is 11.6 Å². The monoisotopic (exact) mass is 275 g/mol. The van der Waals surface area contributed by atoms with Crippen molar-refractivity contribution >= 4 is 16.7 Å². The number of nitrogens with one attached hydrogen (secondary N) is 1. The van der Waals surface area contributed by atoms with Crippen molar-refractivity contribution in [3.8, 4) is 5.75 Å². The fraction of sp³-hybridized carbons (Fsp3) is 0.429. The summed E-state index contributed by atoms with van der Waals surface area (Å²) in [5, 5.41) is 4.27. The molecular formula is C14H17N3OS. The van der Waals surface area contributed by atoms with Crippen molar-refractivity contribution in [2.75, 3.05) is 19.0 Å². The first-order chi connectivity index (χ1) is 9.35. The molecule has 1 aromatic carbocycles. The molecule has 1 fully saturated rings. The third kappa shape index (κ3) is 3.23. The number of hydrogen-bond donors (Lipinski definition) is 1. The van der Waals surface area contributed by atoms with E-state index in [1.165, 1.54) is 29.9 Å². The predicted molar refractivity (Wildman–Crippen MR) is 77.1 cm³/mol. The van der Waals surface area contributed by atoms with Crippen molar-refractivity contribution in [2.24, 2.45) is 0 Å². The fourth-order valence-electron chi connectivity index (χ4n) is 1.96. The van der Waals surface area contributed by atoms with Crippen LogP contribution in [0.3, 0.4) is 0 Å². The average Bonchev–Trinajstić information content (AvgIpc) is 3.19. The lowest BCUT2D eigenvalue weighted by molar-refractivity contribution is 0.414. The van der Waals surface area contributed by atoms with E-state index in [0.717, 1.165) is 29.7 Å². The maximum atomic E-state index is 5.22. The van der Waals surface area contributed by atoms with E-state index < -0.39 is 0 Å². The molecule has 0 atom stereocenters. The van der Waals surface area contributed by atoms with Crippen LogP contribution in [0.4, 0.5) is 5.13 Å². The van der Waals surface area contributed by atoms with E-state index in [1.807, 2.05) is 12.1 Å². The summed E-state index contributed by atoms with van der Waals surface area (Å²) < 4.78 is 9.59. The highest BCUT2D eigenvalue weighted by atomic mass is 32.1. The second-order valence-corrected chi connectivity index (χ2v) is 5.51. The SMILES string of the molecule is COc1cccc(CCNc2nc(C3CC3)ns2)c1. The Kier molecular flexibility index (Phi) is 3.64. The zero-order chi connectivity index (χ0) is 13.1. The van der Waals surface area contributed by atoms with Crippen LogP contribution in [0.2, 0.25) is 0 Å². The molecule has 1 heterocycles. The maximum absolute atomic E-state index is 5.22. The van der Waals surface area contributed by atoms with Gasteiger partial charge in [0.25, 0.3) is 0 Å². The van der Waals surface area contributed by atoms with Gasteiger partial charge in [-0.1, -0.05) is 12.1 Å². The van der Waals surface area contributed by atoms with Crippen LogP contribution in [-0.4, -0.2) is 23.0 Å². The third-order valence-corrected chi connectivity index (χ3v) is 3.90. The van der Waals surface area contributed by atoms with Crippen LogP contribution < -0.4 is 10.1 Å². The smallest absolute Gasteiger partial charge is 0.202 e. The molecule has 0 bridgehead atoms. The fourth-order valence-corrected chi connectivity index (χ4v) is 2.63. The van der Waals surface area contributed by atoms with Crippen molar-refractivity contribution in [2.45, 2.75) is 25.2 Å². The molecule has 19 heavy (non-hydrogen) atoms. The van der Waals surface area contributed by atoms with Crippen molar-refractivity contribution in [3.05, 3.63) is 35.7 Å². The number of methoxy groups -OCH3 is 1. The van der Waals surface area contributed by atoms with Gasteiger partial charge >= 0.3 is 0 Å². The molecule has 1 aliphatic carbocycles. The highest BCUT2D eigenvalue weighted by Gasteiger charge is 2.27. The molecule has 1 N–H and O–H groups in total. The summed E-state index contributed by atoms with van der Waals surface area (Å²) in [7, 11) is 1.69. The van der Waals surface area contributed by atoms with Gasteiger partial charge in [0.15, 0.2) is 0 Å². The number of ether oxygens (including phenoxy) is 1. The molecule has 2 aromatic rings. The van der Waals surface area contributed by atoms with Crippen molar-refractivity contribution in [3.63, 3.8) is 0 Å².